The Hall–Kier alpha value is -0.570. The number of rotatable bonds is 5. The predicted molar refractivity (Wildman–Crippen MR) is 57.9 cm³/mol. The quantitative estimate of drug-likeness (QED) is 0.725. The van der Waals surface area contributed by atoms with Gasteiger partial charge in [0.2, 0.25) is 5.91 Å². The van der Waals surface area contributed by atoms with Crippen LogP contribution in [0.1, 0.15) is 39.5 Å². The smallest absolute Gasteiger partial charge is 0.230 e. The van der Waals surface area contributed by atoms with E-state index in [1.54, 1.807) is 0 Å². The molecule has 0 aromatic heterocycles. The fourth-order valence-corrected chi connectivity index (χ4v) is 1.84. The third kappa shape index (κ3) is 2.08. The van der Waals surface area contributed by atoms with Crippen LogP contribution in [0.2, 0.25) is 0 Å². The summed E-state index contributed by atoms with van der Waals surface area (Å²) in [5.41, 5.74) is 5.45. The van der Waals surface area contributed by atoms with E-state index in [2.05, 4.69) is 13.8 Å². The second-order valence-corrected chi connectivity index (χ2v) is 4.54. The van der Waals surface area contributed by atoms with Crippen LogP contribution < -0.4 is 5.73 Å². The van der Waals surface area contributed by atoms with E-state index in [1.165, 1.54) is 0 Å². The Kier molecular flexibility index (Phi) is 3.53. The SMILES string of the molecule is CCCC(C)N(C)C(=O)C1(CN)CC1. The molecule has 1 atom stereocenters. The van der Waals surface area contributed by atoms with Crippen molar-refractivity contribution < 1.29 is 4.79 Å². The van der Waals surface area contributed by atoms with E-state index in [4.69, 9.17) is 5.73 Å². The number of hydrogen-bond acceptors (Lipinski definition) is 2. The number of carbonyl (C=O) groups is 1. The Bertz CT molecular complexity index is 211. The van der Waals surface area contributed by atoms with Gasteiger partial charge in [0.1, 0.15) is 0 Å². The van der Waals surface area contributed by atoms with E-state index >= 15 is 0 Å². The van der Waals surface area contributed by atoms with Gasteiger partial charge in [-0.1, -0.05) is 13.3 Å². The molecule has 0 heterocycles. The number of nitrogens with two attached hydrogens (primary N) is 1. The molecule has 1 saturated carbocycles. The third-order valence-corrected chi connectivity index (χ3v) is 3.39. The highest BCUT2D eigenvalue weighted by atomic mass is 16.2. The van der Waals surface area contributed by atoms with Crippen LogP contribution >= 0.6 is 0 Å². The van der Waals surface area contributed by atoms with Gasteiger partial charge in [-0.25, -0.2) is 0 Å². The van der Waals surface area contributed by atoms with Crippen LogP contribution in [0.5, 0.6) is 0 Å². The number of amides is 1. The van der Waals surface area contributed by atoms with E-state index in [1.807, 2.05) is 11.9 Å². The monoisotopic (exact) mass is 198 g/mol. The zero-order chi connectivity index (χ0) is 10.8. The van der Waals surface area contributed by atoms with Gasteiger partial charge >= 0.3 is 0 Å². The van der Waals surface area contributed by atoms with Crippen LogP contribution in [-0.2, 0) is 4.79 Å². The summed E-state index contributed by atoms with van der Waals surface area (Å²) < 4.78 is 0. The molecule has 0 aromatic carbocycles. The molecule has 0 aromatic rings. The highest BCUT2D eigenvalue weighted by Crippen LogP contribution is 2.46. The maximum Gasteiger partial charge on any atom is 0.230 e. The summed E-state index contributed by atoms with van der Waals surface area (Å²) in [6, 6.07) is 0.344. The van der Waals surface area contributed by atoms with Gasteiger partial charge < -0.3 is 10.6 Å². The lowest BCUT2D eigenvalue weighted by atomic mass is 10.0. The summed E-state index contributed by atoms with van der Waals surface area (Å²) in [5, 5.41) is 0. The normalized spacial score (nSPS) is 20.3. The second-order valence-electron chi connectivity index (χ2n) is 4.54. The summed E-state index contributed by atoms with van der Waals surface area (Å²) >= 11 is 0. The van der Waals surface area contributed by atoms with Crippen LogP contribution in [0, 0.1) is 5.41 Å². The van der Waals surface area contributed by atoms with Crippen molar-refractivity contribution in [3.8, 4) is 0 Å². The largest absolute Gasteiger partial charge is 0.343 e. The molecule has 3 heteroatoms. The van der Waals surface area contributed by atoms with Crippen LogP contribution in [0.25, 0.3) is 0 Å². The molecule has 1 fully saturated rings. The molecule has 0 radical (unpaired) electrons. The Labute approximate surface area is 86.6 Å². The first-order valence-corrected chi connectivity index (χ1v) is 5.54. The molecule has 0 bridgehead atoms. The molecule has 14 heavy (non-hydrogen) atoms. The number of hydrogen-bond donors (Lipinski definition) is 1. The first kappa shape index (κ1) is 11.5. The van der Waals surface area contributed by atoms with Gasteiger partial charge in [-0.05, 0) is 26.2 Å². The zero-order valence-corrected chi connectivity index (χ0v) is 9.55. The minimum atomic E-state index is -0.184. The highest BCUT2D eigenvalue weighted by Gasteiger charge is 2.50. The lowest BCUT2D eigenvalue weighted by Crippen LogP contribution is -2.42. The molecule has 0 saturated heterocycles. The Balaban J connectivity index is 2.52. The van der Waals surface area contributed by atoms with E-state index in [9.17, 15) is 4.79 Å². The van der Waals surface area contributed by atoms with Crippen LogP contribution in [0.3, 0.4) is 0 Å². The lowest BCUT2D eigenvalue weighted by molar-refractivity contribution is -0.137. The summed E-state index contributed by atoms with van der Waals surface area (Å²) in [7, 11) is 1.90. The van der Waals surface area contributed by atoms with Gasteiger partial charge in [-0.15, -0.1) is 0 Å². The molecule has 3 nitrogen and oxygen atoms in total. The fraction of sp³-hybridized carbons (Fsp3) is 0.909. The Morgan fingerprint density at radius 3 is 2.50 bits per heavy atom. The minimum absolute atomic E-state index is 0.184. The van der Waals surface area contributed by atoms with Gasteiger partial charge in [0, 0.05) is 19.6 Å². The Morgan fingerprint density at radius 2 is 2.14 bits per heavy atom. The summed E-state index contributed by atoms with van der Waals surface area (Å²) in [4.78, 5) is 13.9. The molecule has 0 spiro atoms. The Morgan fingerprint density at radius 1 is 1.57 bits per heavy atom. The minimum Gasteiger partial charge on any atom is -0.343 e. The molecule has 1 aliphatic carbocycles. The standard InChI is InChI=1S/C11H22N2O/c1-4-5-9(2)13(3)10(14)11(8-12)6-7-11/h9H,4-8,12H2,1-3H3. The van der Waals surface area contributed by atoms with E-state index < -0.39 is 0 Å². The van der Waals surface area contributed by atoms with Gasteiger partial charge in [-0.3, -0.25) is 4.79 Å². The molecule has 2 N–H and O–H groups in total. The molecule has 82 valence electrons. The molecule has 0 aliphatic heterocycles. The maximum absolute atomic E-state index is 12.0. The maximum atomic E-state index is 12.0. The van der Waals surface area contributed by atoms with Crippen LogP contribution in [0.15, 0.2) is 0 Å². The van der Waals surface area contributed by atoms with Crippen molar-refractivity contribution >= 4 is 5.91 Å². The van der Waals surface area contributed by atoms with Crippen molar-refractivity contribution in [2.24, 2.45) is 11.1 Å². The van der Waals surface area contributed by atoms with Crippen molar-refractivity contribution in [3.05, 3.63) is 0 Å². The van der Waals surface area contributed by atoms with Gasteiger partial charge in [0.15, 0.2) is 0 Å². The van der Waals surface area contributed by atoms with E-state index in [0.29, 0.717) is 12.6 Å². The summed E-state index contributed by atoms with van der Waals surface area (Å²) in [5.74, 6) is 0.251. The number of carbonyl (C=O) groups excluding carboxylic acids is 1. The third-order valence-electron chi connectivity index (χ3n) is 3.39. The second kappa shape index (κ2) is 4.30. The zero-order valence-electron chi connectivity index (χ0n) is 9.55. The molecule has 1 unspecified atom stereocenters. The van der Waals surface area contributed by atoms with Crippen molar-refractivity contribution in [2.75, 3.05) is 13.6 Å². The van der Waals surface area contributed by atoms with E-state index in [0.717, 1.165) is 25.7 Å². The summed E-state index contributed by atoms with van der Waals surface area (Å²) in [6.07, 6.45) is 4.15. The fourth-order valence-electron chi connectivity index (χ4n) is 1.84. The van der Waals surface area contributed by atoms with Crippen LogP contribution in [-0.4, -0.2) is 30.4 Å². The van der Waals surface area contributed by atoms with Crippen molar-refractivity contribution in [3.63, 3.8) is 0 Å². The lowest BCUT2D eigenvalue weighted by Gasteiger charge is -2.28. The first-order chi connectivity index (χ1) is 6.57. The van der Waals surface area contributed by atoms with Crippen molar-refractivity contribution in [2.45, 2.75) is 45.6 Å². The average Bonchev–Trinajstić information content (AvgIpc) is 2.96. The van der Waals surface area contributed by atoms with E-state index in [-0.39, 0.29) is 11.3 Å². The average molecular weight is 198 g/mol. The summed E-state index contributed by atoms with van der Waals surface area (Å²) in [6.45, 7) is 4.76. The van der Waals surface area contributed by atoms with Gasteiger partial charge in [0.05, 0.1) is 5.41 Å². The van der Waals surface area contributed by atoms with Crippen LogP contribution in [0.4, 0.5) is 0 Å². The van der Waals surface area contributed by atoms with Crippen molar-refractivity contribution in [1.82, 2.24) is 4.90 Å². The molecule has 1 rings (SSSR count). The number of nitrogens with zero attached hydrogens (tertiary/aromatic N) is 1. The van der Waals surface area contributed by atoms with Gasteiger partial charge in [-0.2, -0.15) is 0 Å². The van der Waals surface area contributed by atoms with Crippen molar-refractivity contribution in [1.29, 1.82) is 0 Å². The topological polar surface area (TPSA) is 46.3 Å². The molecule has 1 aliphatic rings. The molecule has 1 amide bonds. The molecular weight excluding hydrogens is 176 g/mol. The van der Waals surface area contributed by atoms with Gasteiger partial charge in [0.25, 0.3) is 0 Å². The highest BCUT2D eigenvalue weighted by molar-refractivity contribution is 5.85. The predicted octanol–water partition coefficient (Wildman–Crippen LogP) is 1.37. The first-order valence-electron chi connectivity index (χ1n) is 5.54. The molecular formula is C11H22N2O.